The summed E-state index contributed by atoms with van der Waals surface area (Å²) in [6.07, 6.45) is 0. The summed E-state index contributed by atoms with van der Waals surface area (Å²) in [6.45, 7) is 2.02. The molecule has 0 spiro atoms. The summed E-state index contributed by atoms with van der Waals surface area (Å²) >= 11 is 11.7. The van der Waals surface area contributed by atoms with Gasteiger partial charge in [0.1, 0.15) is 3.70 Å². The zero-order chi connectivity index (χ0) is 9.59. The van der Waals surface area contributed by atoms with Gasteiger partial charge in [-0.3, -0.25) is 5.10 Å². The lowest BCUT2D eigenvalue weighted by atomic mass is 10.2. The molecule has 0 atom stereocenters. The molecule has 0 saturated heterocycles. The number of H-pyrrole nitrogens is 1. The van der Waals surface area contributed by atoms with Crippen molar-refractivity contribution in [1.82, 2.24) is 10.2 Å². The number of hydrogen-bond donors (Lipinski definition) is 1. The van der Waals surface area contributed by atoms with Crippen molar-refractivity contribution in [3.63, 3.8) is 0 Å². The molecule has 68 valence electrons. The maximum Gasteiger partial charge on any atom is 0.132 e. The highest BCUT2D eigenvalue weighted by molar-refractivity contribution is 14.1. The maximum atomic E-state index is 6.09. The number of benzene rings is 1. The number of halogens is 3. The first kappa shape index (κ1) is 9.73. The summed E-state index contributed by atoms with van der Waals surface area (Å²) in [6, 6.07) is 1.90. The van der Waals surface area contributed by atoms with E-state index in [-0.39, 0.29) is 0 Å². The predicted molar refractivity (Wildman–Crippen MR) is 66.3 cm³/mol. The monoisotopic (exact) mass is 370 g/mol. The molecule has 0 aliphatic carbocycles. The number of aromatic amines is 1. The summed E-state index contributed by atoms with van der Waals surface area (Å²) in [5, 5.41) is 8.81. The SMILES string of the molecule is Cc1c(Br)cc(Cl)c2c(I)n[nH]c12. The lowest BCUT2D eigenvalue weighted by Crippen LogP contribution is -1.80. The molecule has 0 radical (unpaired) electrons. The third kappa shape index (κ3) is 1.49. The molecule has 0 amide bonds. The second-order valence-electron chi connectivity index (χ2n) is 2.73. The first-order valence-corrected chi connectivity index (χ1v) is 5.84. The number of nitrogens with one attached hydrogen (secondary N) is 1. The summed E-state index contributed by atoms with van der Waals surface area (Å²) in [4.78, 5) is 0. The molecular formula is C8H5BrClIN2. The summed E-state index contributed by atoms with van der Waals surface area (Å²) in [5.74, 6) is 0. The minimum Gasteiger partial charge on any atom is -0.276 e. The van der Waals surface area contributed by atoms with E-state index in [1.54, 1.807) is 0 Å². The van der Waals surface area contributed by atoms with E-state index in [9.17, 15) is 0 Å². The highest BCUT2D eigenvalue weighted by Crippen LogP contribution is 2.33. The number of hydrogen-bond acceptors (Lipinski definition) is 1. The van der Waals surface area contributed by atoms with Gasteiger partial charge >= 0.3 is 0 Å². The number of aryl methyl sites for hydroxylation is 1. The van der Waals surface area contributed by atoms with Crippen molar-refractivity contribution < 1.29 is 0 Å². The van der Waals surface area contributed by atoms with Crippen LogP contribution in [-0.4, -0.2) is 10.2 Å². The number of rotatable bonds is 0. The van der Waals surface area contributed by atoms with Crippen LogP contribution in [0.3, 0.4) is 0 Å². The summed E-state index contributed by atoms with van der Waals surface area (Å²) in [5.41, 5.74) is 2.14. The summed E-state index contributed by atoms with van der Waals surface area (Å²) < 4.78 is 1.92. The minimum absolute atomic E-state index is 0.727. The molecule has 1 heterocycles. The van der Waals surface area contributed by atoms with Crippen molar-refractivity contribution >= 4 is 61.0 Å². The number of aromatic nitrogens is 2. The molecule has 2 nitrogen and oxygen atoms in total. The van der Waals surface area contributed by atoms with E-state index in [1.807, 2.05) is 13.0 Å². The lowest BCUT2D eigenvalue weighted by molar-refractivity contribution is 1.09. The third-order valence-corrected chi connectivity index (χ3v) is 3.85. The molecular weight excluding hydrogens is 366 g/mol. The van der Waals surface area contributed by atoms with Crippen molar-refractivity contribution in [3.8, 4) is 0 Å². The van der Waals surface area contributed by atoms with Gasteiger partial charge in [0.25, 0.3) is 0 Å². The fraction of sp³-hybridized carbons (Fsp3) is 0.125. The van der Waals surface area contributed by atoms with Crippen molar-refractivity contribution in [2.75, 3.05) is 0 Å². The Morgan fingerprint density at radius 2 is 2.31 bits per heavy atom. The van der Waals surface area contributed by atoms with Crippen molar-refractivity contribution in [2.45, 2.75) is 6.92 Å². The van der Waals surface area contributed by atoms with Crippen LogP contribution in [0.2, 0.25) is 5.02 Å². The molecule has 1 aromatic heterocycles. The largest absolute Gasteiger partial charge is 0.276 e. The Morgan fingerprint density at radius 3 is 3.00 bits per heavy atom. The van der Waals surface area contributed by atoms with Crippen LogP contribution in [-0.2, 0) is 0 Å². The van der Waals surface area contributed by atoms with E-state index in [4.69, 9.17) is 11.6 Å². The number of fused-ring (bicyclic) bond motifs is 1. The van der Waals surface area contributed by atoms with Crippen LogP contribution in [0.25, 0.3) is 10.9 Å². The van der Waals surface area contributed by atoms with Gasteiger partial charge in [-0.25, -0.2) is 0 Å². The molecule has 2 rings (SSSR count). The smallest absolute Gasteiger partial charge is 0.132 e. The van der Waals surface area contributed by atoms with Gasteiger partial charge < -0.3 is 0 Å². The van der Waals surface area contributed by atoms with Crippen LogP contribution in [0.4, 0.5) is 0 Å². The molecule has 2 aromatic rings. The molecule has 0 saturated carbocycles. The van der Waals surface area contributed by atoms with Gasteiger partial charge in [0.15, 0.2) is 0 Å². The Kier molecular flexibility index (Phi) is 2.55. The number of nitrogens with zero attached hydrogens (tertiary/aromatic N) is 1. The Bertz CT molecular complexity index is 480. The van der Waals surface area contributed by atoms with Gasteiger partial charge in [0.2, 0.25) is 0 Å². The highest BCUT2D eigenvalue weighted by Gasteiger charge is 2.11. The molecule has 1 N–H and O–H groups in total. The summed E-state index contributed by atoms with van der Waals surface area (Å²) in [7, 11) is 0. The van der Waals surface area contributed by atoms with Gasteiger partial charge in [-0.05, 0) is 41.1 Å². The van der Waals surface area contributed by atoms with Crippen molar-refractivity contribution in [2.24, 2.45) is 0 Å². The Morgan fingerprint density at radius 1 is 1.62 bits per heavy atom. The molecule has 13 heavy (non-hydrogen) atoms. The molecule has 1 aromatic carbocycles. The quantitative estimate of drug-likeness (QED) is 0.700. The second-order valence-corrected chi connectivity index (χ2v) is 5.01. The predicted octanol–water partition coefficient (Wildman–Crippen LogP) is 3.89. The van der Waals surface area contributed by atoms with Gasteiger partial charge in [0, 0.05) is 4.47 Å². The Balaban J connectivity index is 2.99. The molecule has 0 aliphatic rings. The van der Waals surface area contributed by atoms with Gasteiger partial charge in [0.05, 0.1) is 15.9 Å². The first-order valence-electron chi connectivity index (χ1n) is 3.59. The standard InChI is InChI=1S/C8H5BrClIN2/c1-3-4(9)2-5(10)6-7(3)12-13-8(6)11/h2H,1H3,(H,12,13). The van der Waals surface area contributed by atoms with Gasteiger partial charge in [-0.1, -0.05) is 27.5 Å². The van der Waals surface area contributed by atoms with E-state index in [2.05, 4.69) is 48.7 Å². The van der Waals surface area contributed by atoms with E-state index < -0.39 is 0 Å². The molecule has 0 bridgehead atoms. The maximum absolute atomic E-state index is 6.09. The fourth-order valence-electron chi connectivity index (χ4n) is 1.22. The molecule has 0 unspecified atom stereocenters. The Labute approximate surface area is 102 Å². The van der Waals surface area contributed by atoms with Gasteiger partial charge in [-0.15, -0.1) is 0 Å². The van der Waals surface area contributed by atoms with Crippen LogP contribution < -0.4 is 0 Å². The van der Waals surface area contributed by atoms with E-state index in [0.29, 0.717) is 0 Å². The highest BCUT2D eigenvalue weighted by atomic mass is 127. The third-order valence-electron chi connectivity index (χ3n) is 1.95. The normalized spacial score (nSPS) is 11.1. The van der Waals surface area contributed by atoms with E-state index in [0.717, 1.165) is 29.7 Å². The topological polar surface area (TPSA) is 28.7 Å². The van der Waals surface area contributed by atoms with Crippen LogP contribution in [0.5, 0.6) is 0 Å². The van der Waals surface area contributed by atoms with Crippen molar-refractivity contribution in [3.05, 3.63) is 24.8 Å². The zero-order valence-corrected chi connectivity index (χ0v) is 11.2. The lowest BCUT2D eigenvalue weighted by Gasteiger charge is -2.01. The van der Waals surface area contributed by atoms with Crippen LogP contribution in [0.1, 0.15) is 5.56 Å². The second kappa shape index (κ2) is 3.40. The molecule has 0 aliphatic heterocycles. The molecule has 5 heteroatoms. The van der Waals surface area contributed by atoms with E-state index in [1.165, 1.54) is 0 Å². The average Bonchev–Trinajstić information content (AvgIpc) is 2.44. The Hall–Kier alpha value is 0.190. The van der Waals surface area contributed by atoms with E-state index >= 15 is 0 Å². The average molecular weight is 371 g/mol. The van der Waals surface area contributed by atoms with Crippen molar-refractivity contribution in [1.29, 1.82) is 0 Å². The van der Waals surface area contributed by atoms with Crippen LogP contribution in [0.15, 0.2) is 10.5 Å². The van der Waals surface area contributed by atoms with Crippen LogP contribution >= 0.6 is 50.1 Å². The molecule has 0 fully saturated rings. The fourth-order valence-corrected chi connectivity index (χ4v) is 2.91. The van der Waals surface area contributed by atoms with Crippen LogP contribution in [0, 0.1) is 10.6 Å². The zero-order valence-electron chi connectivity index (χ0n) is 6.66. The minimum atomic E-state index is 0.727. The first-order chi connectivity index (χ1) is 6.11. The van der Waals surface area contributed by atoms with Gasteiger partial charge in [-0.2, -0.15) is 5.10 Å².